The average molecular weight is 205 g/mol. The molecule has 0 aromatic carbocycles. The van der Waals surface area contributed by atoms with Gasteiger partial charge in [0.15, 0.2) is 21.7 Å². The quantitative estimate of drug-likeness (QED) is 0.584. The molecular weight excluding hydrogens is 198 g/mol. The van der Waals surface area contributed by atoms with Gasteiger partial charge in [-0.05, 0) is 0 Å². The molecule has 0 unspecified atom stereocenters. The van der Waals surface area contributed by atoms with E-state index in [4.69, 9.17) is 9.94 Å². The van der Waals surface area contributed by atoms with Gasteiger partial charge in [0.1, 0.15) is 0 Å². The number of hydrogen-bond donors (Lipinski definition) is 1. The van der Waals surface area contributed by atoms with Gasteiger partial charge in [0.25, 0.3) is 0 Å². The highest BCUT2D eigenvalue weighted by Crippen LogP contribution is 2.28. The van der Waals surface area contributed by atoms with Crippen LogP contribution in [0.25, 0.3) is 0 Å². The molecule has 0 saturated carbocycles. The van der Waals surface area contributed by atoms with Crippen LogP contribution in [0.4, 0.5) is 0 Å². The maximum Gasteiger partial charge on any atom is 0.354 e. The van der Waals surface area contributed by atoms with Gasteiger partial charge in [-0.15, -0.1) is 0 Å². The molecule has 7 heteroatoms. The summed E-state index contributed by atoms with van der Waals surface area (Å²) in [4.78, 5) is 15.3. The summed E-state index contributed by atoms with van der Waals surface area (Å²) in [5.41, 5.74) is -0.175. The molecule has 0 aromatic heterocycles. The lowest BCUT2D eigenvalue weighted by Crippen LogP contribution is -2.26. The summed E-state index contributed by atoms with van der Waals surface area (Å²) in [6.45, 7) is 0. The lowest BCUT2D eigenvalue weighted by atomic mass is 10.0. The highest BCUT2D eigenvalue weighted by Gasteiger charge is 2.48. The smallest absolute Gasteiger partial charge is 0.354 e. The van der Waals surface area contributed by atoms with Gasteiger partial charge in [-0.25, -0.2) is 13.2 Å². The van der Waals surface area contributed by atoms with E-state index in [1.807, 2.05) is 0 Å². The Labute approximate surface area is 74.1 Å². The first-order valence-electron chi connectivity index (χ1n) is 3.67. The molecule has 6 nitrogen and oxygen atoms in total. The number of carboxylic acids is 1. The van der Waals surface area contributed by atoms with Crippen LogP contribution in [-0.4, -0.2) is 42.8 Å². The molecule has 1 N–H and O–H groups in total. The van der Waals surface area contributed by atoms with Crippen LogP contribution in [-0.2, 0) is 19.5 Å². The summed E-state index contributed by atoms with van der Waals surface area (Å²) in [6.07, 6.45) is -0.587. The Hall–Kier alpha value is -1.11. The Morgan fingerprint density at radius 1 is 1.54 bits per heavy atom. The number of nitrogens with zero attached hydrogens (tertiary/aromatic N) is 1. The number of carbonyl (C=O) groups is 1. The van der Waals surface area contributed by atoms with Crippen LogP contribution in [0.1, 0.15) is 0 Å². The molecule has 13 heavy (non-hydrogen) atoms. The monoisotopic (exact) mass is 205 g/mol. The predicted octanol–water partition coefficient (Wildman–Crippen LogP) is -1.13. The Morgan fingerprint density at radius 2 is 2.23 bits per heavy atom. The number of oxime groups is 1. The van der Waals surface area contributed by atoms with E-state index in [1.54, 1.807) is 0 Å². The molecule has 1 saturated heterocycles. The van der Waals surface area contributed by atoms with Crippen LogP contribution in [0, 0.1) is 5.92 Å². The van der Waals surface area contributed by atoms with Crippen LogP contribution in [0.5, 0.6) is 0 Å². The Bertz CT molecular complexity index is 384. The number of aliphatic carboxylic acids is 1. The van der Waals surface area contributed by atoms with Crippen molar-refractivity contribution in [3.05, 3.63) is 0 Å². The van der Waals surface area contributed by atoms with E-state index in [0.717, 1.165) is 0 Å². The summed E-state index contributed by atoms with van der Waals surface area (Å²) >= 11 is 0. The topological polar surface area (TPSA) is 93.0 Å². The van der Waals surface area contributed by atoms with E-state index in [0.29, 0.717) is 0 Å². The maximum absolute atomic E-state index is 11.1. The normalized spacial score (nSPS) is 34.9. The van der Waals surface area contributed by atoms with Crippen molar-refractivity contribution < 1.29 is 23.2 Å². The predicted molar refractivity (Wildman–Crippen MR) is 42.1 cm³/mol. The fourth-order valence-electron chi connectivity index (χ4n) is 1.56. The highest BCUT2D eigenvalue weighted by atomic mass is 32.2. The highest BCUT2D eigenvalue weighted by molar-refractivity contribution is 7.91. The van der Waals surface area contributed by atoms with E-state index in [1.165, 1.54) is 0 Å². The summed E-state index contributed by atoms with van der Waals surface area (Å²) in [7, 11) is -3.14. The lowest BCUT2D eigenvalue weighted by molar-refractivity contribution is -0.129. The van der Waals surface area contributed by atoms with E-state index in [9.17, 15) is 13.2 Å². The van der Waals surface area contributed by atoms with Gasteiger partial charge in [0.2, 0.25) is 0 Å². The first-order valence-corrected chi connectivity index (χ1v) is 5.49. The van der Waals surface area contributed by atoms with Gasteiger partial charge in [-0.1, -0.05) is 5.16 Å². The molecule has 2 aliphatic heterocycles. The zero-order valence-corrected chi connectivity index (χ0v) is 7.32. The fraction of sp³-hybridized carbons (Fsp3) is 0.667. The SMILES string of the molecule is O=C(O)C1=NO[C@@H]2CS(=O)(=O)C[C@@H]12. The summed E-state index contributed by atoms with van der Waals surface area (Å²) in [5.74, 6) is -2.08. The minimum absolute atomic E-state index is 0.127. The molecule has 0 radical (unpaired) electrons. The average Bonchev–Trinajstić information content (AvgIpc) is 2.41. The van der Waals surface area contributed by atoms with E-state index >= 15 is 0 Å². The Kier molecular flexibility index (Phi) is 1.59. The lowest BCUT2D eigenvalue weighted by Gasteiger charge is -2.02. The van der Waals surface area contributed by atoms with Gasteiger partial charge < -0.3 is 9.94 Å². The minimum Gasteiger partial charge on any atom is -0.477 e. The largest absolute Gasteiger partial charge is 0.477 e. The number of fused-ring (bicyclic) bond motifs is 1. The molecule has 0 aromatic rings. The number of rotatable bonds is 1. The standard InChI is InChI=1S/C6H7NO5S/c8-6(9)5-3-1-13(10,11)2-4(3)12-7-5/h3-4H,1-2H2,(H,8,9)/t3-,4-/m1/s1. The maximum atomic E-state index is 11.1. The van der Waals surface area contributed by atoms with Crippen molar-refractivity contribution in [3.8, 4) is 0 Å². The second kappa shape index (κ2) is 2.44. The van der Waals surface area contributed by atoms with E-state index in [2.05, 4.69) is 5.16 Å². The molecule has 0 bridgehead atoms. The molecule has 2 aliphatic rings. The summed E-state index contributed by atoms with van der Waals surface area (Å²) in [5, 5.41) is 12.0. The number of carboxylic acid groups (broad SMARTS) is 1. The Morgan fingerprint density at radius 3 is 2.85 bits per heavy atom. The molecule has 72 valence electrons. The van der Waals surface area contributed by atoms with Gasteiger partial charge in [-0.2, -0.15) is 0 Å². The third-order valence-electron chi connectivity index (χ3n) is 2.16. The number of hydrogen-bond acceptors (Lipinski definition) is 5. The first kappa shape index (κ1) is 8.49. The molecule has 0 amide bonds. The second-order valence-corrected chi connectivity index (χ2v) is 5.26. The first-order chi connectivity index (χ1) is 5.99. The third-order valence-corrected chi connectivity index (χ3v) is 3.86. The van der Waals surface area contributed by atoms with Crippen LogP contribution >= 0.6 is 0 Å². The van der Waals surface area contributed by atoms with Crippen LogP contribution in [0.15, 0.2) is 5.16 Å². The molecule has 1 fully saturated rings. The molecule has 2 heterocycles. The molecule has 2 atom stereocenters. The van der Waals surface area contributed by atoms with Gasteiger partial charge >= 0.3 is 5.97 Å². The third kappa shape index (κ3) is 1.28. The van der Waals surface area contributed by atoms with Crippen molar-refractivity contribution >= 4 is 21.5 Å². The second-order valence-electron chi connectivity index (χ2n) is 3.11. The summed E-state index contributed by atoms with van der Waals surface area (Å²) < 4.78 is 22.2. The van der Waals surface area contributed by atoms with E-state index in [-0.39, 0.29) is 17.2 Å². The van der Waals surface area contributed by atoms with Crippen molar-refractivity contribution in [3.63, 3.8) is 0 Å². The van der Waals surface area contributed by atoms with Crippen molar-refractivity contribution in [1.82, 2.24) is 0 Å². The van der Waals surface area contributed by atoms with Crippen LogP contribution in [0.3, 0.4) is 0 Å². The minimum atomic E-state index is -3.14. The Balaban J connectivity index is 2.28. The van der Waals surface area contributed by atoms with Crippen molar-refractivity contribution in [2.45, 2.75) is 6.10 Å². The number of sulfone groups is 1. The van der Waals surface area contributed by atoms with Crippen molar-refractivity contribution in [2.75, 3.05) is 11.5 Å². The van der Waals surface area contributed by atoms with Gasteiger partial charge in [0, 0.05) is 0 Å². The van der Waals surface area contributed by atoms with Crippen molar-refractivity contribution in [1.29, 1.82) is 0 Å². The van der Waals surface area contributed by atoms with E-state index < -0.39 is 27.8 Å². The van der Waals surface area contributed by atoms with Crippen molar-refractivity contribution in [2.24, 2.45) is 11.1 Å². The van der Waals surface area contributed by atoms with Crippen LogP contribution < -0.4 is 0 Å². The summed E-state index contributed by atoms with van der Waals surface area (Å²) in [6, 6.07) is 0. The fourth-order valence-corrected chi connectivity index (χ4v) is 3.41. The van der Waals surface area contributed by atoms with Gasteiger partial charge in [-0.3, -0.25) is 0 Å². The molecule has 0 spiro atoms. The molecular formula is C6H7NO5S. The zero-order chi connectivity index (χ0) is 9.64. The van der Waals surface area contributed by atoms with Crippen LogP contribution in [0.2, 0.25) is 0 Å². The zero-order valence-electron chi connectivity index (χ0n) is 6.50. The molecule has 0 aliphatic carbocycles. The molecule has 2 rings (SSSR count). The van der Waals surface area contributed by atoms with Gasteiger partial charge in [0.05, 0.1) is 17.4 Å².